The Morgan fingerprint density at radius 3 is 2.52 bits per heavy atom. The first-order valence-electron chi connectivity index (χ1n) is 13.4. The van der Waals surface area contributed by atoms with Gasteiger partial charge in [-0.2, -0.15) is 13.2 Å². The number of anilines is 1. The Morgan fingerprint density at radius 2 is 1.82 bits per heavy atom. The number of fused-ring (bicyclic) bond motifs is 3. The van der Waals surface area contributed by atoms with E-state index in [4.69, 9.17) is 9.26 Å². The minimum atomic E-state index is -4.51. The zero-order valence-electron chi connectivity index (χ0n) is 21.3. The molecule has 0 radical (unpaired) electrons. The number of aromatic carboxylic acids is 1. The molecule has 1 aliphatic carbocycles. The molecular weight excluding hydrogens is 527 g/mol. The van der Waals surface area contributed by atoms with Crippen LogP contribution in [0.2, 0.25) is 0 Å². The number of carboxylic acid groups (broad SMARTS) is 1. The highest BCUT2D eigenvalue weighted by atomic mass is 19.4. The van der Waals surface area contributed by atoms with Crippen LogP contribution in [0.4, 0.5) is 19.0 Å². The van der Waals surface area contributed by atoms with Crippen molar-refractivity contribution in [3.8, 4) is 11.3 Å². The first kappa shape index (κ1) is 25.1. The van der Waals surface area contributed by atoms with Crippen LogP contribution in [0.3, 0.4) is 0 Å². The van der Waals surface area contributed by atoms with E-state index in [9.17, 15) is 23.1 Å². The van der Waals surface area contributed by atoms with Crippen molar-refractivity contribution < 1.29 is 32.3 Å². The first-order chi connectivity index (χ1) is 19.3. The number of ether oxygens (including phenoxy) is 1. The highest BCUT2D eigenvalue weighted by Crippen LogP contribution is 2.46. The van der Waals surface area contributed by atoms with E-state index in [0.717, 1.165) is 50.4 Å². The molecule has 2 saturated heterocycles. The van der Waals surface area contributed by atoms with Gasteiger partial charge in [-0.15, -0.1) is 5.10 Å². The van der Waals surface area contributed by atoms with Crippen LogP contribution in [0.25, 0.3) is 16.9 Å². The fourth-order valence-corrected chi connectivity index (χ4v) is 6.23. The molecule has 1 aromatic carbocycles. The first-order valence-corrected chi connectivity index (χ1v) is 13.4. The largest absolute Gasteiger partial charge is 0.476 e. The zero-order chi connectivity index (χ0) is 27.6. The lowest BCUT2D eigenvalue weighted by molar-refractivity contribution is -0.137. The molecular formula is C28H26F3N5O4. The smallest absolute Gasteiger partial charge is 0.417 e. The van der Waals surface area contributed by atoms with E-state index >= 15 is 0 Å². The minimum absolute atomic E-state index is 0.00571. The predicted molar refractivity (Wildman–Crippen MR) is 136 cm³/mol. The second kappa shape index (κ2) is 9.33. The average Bonchev–Trinajstić information content (AvgIpc) is 3.43. The molecule has 9 nitrogen and oxygen atoms in total. The number of piperidine rings is 1. The number of carboxylic acids is 1. The summed E-state index contributed by atoms with van der Waals surface area (Å²) in [6.45, 7) is 0.137. The van der Waals surface area contributed by atoms with Crippen molar-refractivity contribution in [2.24, 2.45) is 0 Å². The van der Waals surface area contributed by atoms with Crippen molar-refractivity contribution in [1.82, 2.24) is 19.8 Å². The summed E-state index contributed by atoms with van der Waals surface area (Å²) in [6, 6.07) is 9.45. The predicted octanol–water partition coefficient (Wildman–Crippen LogP) is 5.70. The monoisotopic (exact) mass is 553 g/mol. The van der Waals surface area contributed by atoms with Crippen LogP contribution >= 0.6 is 0 Å². The SMILES string of the molecule is O=C(O)c1cn2nc(N3[C@@H]4CC[C@H]3CC(OCc3c(-c5ccccc5C(F)(F)F)noc3C3CC3)C4)ccc2n1. The normalized spacial score (nSPS) is 22.8. The van der Waals surface area contributed by atoms with Gasteiger partial charge in [-0.3, -0.25) is 0 Å². The number of hydrogen-bond acceptors (Lipinski definition) is 7. The van der Waals surface area contributed by atoms with Gasteiger partial charge < -0.3 is 19.3 Å². The Kier molecular flexibility index (Phi) is 5.84. The van der Waals surface area contributed by atoms with Crippen molar-refractivity contribution in [3.63, 3.8) is 0 Å². The lowest BCUT2D eigenvalue weighted by atomic mass is 9.98. The van der Waals surface area contributed by atoms with E-state index < -0.39 is 17.7 Å². The number of hydrogen-bond donors (Lipinski definition) is 1. The molecule has 3 fully saturated rings. The van der Waals surface area contributed by atoms with Crippen LogP contribution in [0.15, 0.2) is 47.1 Å². The van der Waals surface area contributed by atoms with E-state index in [-0.39, 0.29) is 47.7 Å². The van der Waals surface area contributed by atoms with Gasteiger partial charge in [-0.05, 0) is 56.7 Å². The Bertz CT molecular complexity index is 1580. The summed E-state index contributed by atoms with van der Waals surface area (Å²) in [5.41, 5.74) is 0.484. The van der Waals surface area contributed by atoms with Gasteiger partial charge >= 0.3 is 12.1 Å². The number of rotatable bonds is 7. The molecule has 12 heteroatoms. The van der Waals surface area contributed by atoms with Crippen molar-refractivity contribution in [1.29, 1.82) is 0 Å². The molecule has 2 aliphatic heterocycles. The molecule has 2 bridgehead atoms. The van der Waals surface area contributed by atoms with Crippen molar-refractivity contribution in [2.45, 2.75) is 75.4 Å². The summed E-state index contributed by atoms with van der Waals surface area (Å²) in [4.78, 5) is 17.6. The Balaban J connectivity index is 1.10. The van der Waals surface area contributed by atoms with E-state index in [1.807, 2.05) is 6.07 Å². The van der Waals surface area contributed by atoms with Crippen LogP contribution in [0.1, 0.15) is 71.8 Å². The standard InChI is InChI=1S/C28H26F3N5O4/c29-28(30,31)21-4-2-1-3-19(21)25-20(26(40-34-25)15-5-6-15)14-39-18-11-16-7-8-17(12-18)36(16)24-10-9-23-32-22(27(37)38)13-35(23)33-24/h1-4,9-10,13,15-18H,5-8,11-12,14H2,(H,37,38)/t16-,17+,18?. The molecule has 1 N–H and O–H groups in total. The Morgan fingerprint density at radius 1 is 1.07 bits per heavy atom. The Labute approximate surface area is 226 Å². The third kappa shape index (κ3) is 4.40. The number of alkyl halides is 3. The van der Waals surface area contributed by atoms with Crippen LogP contribution < -0.4 is 4.90 Å². The third-order valence-corrected chi connectivity index (χ3v) is 8.20. The lowest BCUT2D eigenvalue weighted by Gasteiger charge is -2.39. The number of halogens is 3. The highest BCUT2D eigenvalue weighted by molar-refractivity contribution is 5.86. The van der Waals surface area contributed by atoms with Gasteiger partial charge in [0.15, 0.2) is 11.3 Å². The fraction of sp³-hybridized carbons (Fsp3) is 0.429. The molecule has 0 spiro atoms. The quantitative estimate of drug-likeness (QED) is 0.311. The van der Waals surface area contributed by atoms with E-state index in [2.05, 4.69) is 20.1 Å². The maximum absolute atomic E-state index is 13.8. The minimum Gasteiger partial charge on any atom is -0.476 e. The average molecular weight is 554 g/mol. The molecule has 3 aromatic heterocycles. The Hall–Kier alpha value is -3.93. The summed E-state index contributed by atoms with van der Waals surface area (Å²) in [5.74, 6) is 0.453. The molecule has 4 aromatic rings. The van der Waals surface area contributed by atoms with E-state index in [1.54, 1.807) is 12.1 Å². The molecule has 3 atom stereocenters. The fourth-order valence-electron chi connectivity index (χ4n) is 6.23. The number of nitrogens with zero attached hydrogens (tertiary/aromatic N) is 5. The second-order valence-electron chi connectivity index (χ2n) is 10.8. The number of imidazole rings is 1. The lowest BCUT2D eigenvalue weighted by Crippen LogP contribution is -2.46. The summed E-state index contributed by atoms with van der Waals surface area (Å²) in [7, 11) is 0. The van der Waals surface area contributed by atoms with Crippen molar-refractivity contribution >= 4 is 17.4 Å². The number of aromatic nitrogens is 4. The molecule has 0 amide bonds. The number of benzene rings is 1. The topological polar surface area (TPSA) is 106 Å². The number of carbonyl (C=O) groups is 1. The molecule has 40 heavy (non-hydrogen) atoms. The summed E-state index contributed by atoms with van der Waals surface area (Å²) in [6.07, 6.45) is 2.11. The van der Waals surface area contributed by atoms with Gasteiger partial charge in [0.2, 0.25) is 0 Å². The molecule has 5 heterocycles. The van der Waals surface area contributed by atoms with Gasteiger partial charge in [0, 0.05) is 29.1 Å². The molecule has 7 rings (SSSR count). The third-order valence-electron chi connectivity index (χ3n) is 8.20. The zero-order valence-corrected chi connectivity index (χ0v) is 21.3. The highest BCUT2D eigenvalue weighted by Gasteiger charge is 2.43. The van der Waals surface area contributed by atoms with Gasteiger partial charge in [0.25, 0.3) is 0 Å². The summed E-state index contributed by atoms with van der Waals surface area (Å²) in [5, 5.41) is 18.0. The van der Waals surface area contributed by atoms with Crippen LogP contribution in [0, 0.1) is 0 Å². The van der Waals surface area contributed by atoms with Crippen molar-refractivity contribution in [3.05, 3.63) is 65.2 Å². The van der Waals surface area contributed by atoms with Crippen LogP contribution in [0.5, 0.6) is 0 Å². The van der Waals surface area contributed by atoms with Gasteiger partial charge in [0.05, 0.1) is 24.5 Å². The van der Waals surface area contributed by atoms with E-state index in [1.165, 1.54) is 22.8 Å². The van der Waals surface area contributed by atoms with Crippen molar-refractivity contribution in [2.75, 3.05) is 4.90 Å². The summed E-state index contributed by atoms with van der Waals surface area (Å²) >= 11 is 0. The molecule has 3 aliphatic rings. The van der Waals surface area contributed by atoms with Crippen LogP contribution in [-0.4, -0.2) is 49.0 Å². The molecule has 208 valence electrons. The maximum Gasteiger partial charge on any atom is 0.417 e. The maximum atomic E-state index is 13.8. The summed E-state index contributed by atoms with van der Waals surface area (Å²) < 4.78 is 54.8. The van der Waals surface area contributed by atoms with Crippen LogP contribution in [-0.2, 0) is 17.5 Å². The van der Waals surface area contributed by atoms with Gasteiger partial charge in [0.1, 0.15) is 17.3 Å². The second-order valence-corrected chi connectivity index (χ2v) is 10.8. The molecule has 1 unspecified atom stereocenters. The van der Waals surface area contributed by atoms with E-state index in [0.29, 0.717) is 17.0 Å². The van der Waals surface area contributed by atoms with Gasteiger partial charge in [-0.25, -0.2) is 14.3 Å². The van der Waals surface area contributed by atoms with Gasteiger partial charge in [-0.1, -0.05) is 23.4 Å². The molecule has 1 saturated carbocycles.